The van der Waals surface area contributed by atoms with E-state index in [9.17, 15) is 9.59 Å². The molecule has 0 saturated heterocycles. The van der Waals surface area contributed by atoms with E-state index in [0.29, 0.717) is 48.3 Å². The molecular weight excluding hydrogens is 646 g/mol. The number of aromatic nitrogens is 2. The third-order valence-electron chi connectivity index (χ3n) is 6.00. The van der Waals surface area contributed by atoms with Crippen molar-refractivity contribution in [2.45, 2.75) is 20.0 Å². The van der Waals surface area contributed by atoms with E-state index in [1.54, 1.807) is 38.1 Å². The van der Waals surface area contributed by atoms with Crippen LogP contribution in [-0.2, 0) is 9.53 Å². The summed E-state index contributed by atoms with van der Waals surface area (Å²) in [5.74, 6) is 0.797. The Balaban J connectivity index is 1.61. The van der Waals surface area contributed by atoms with E-state index in [0.717, 1.165) is 5.39 Å². The smallest absolute Gasteiger partial charge is 0.347 e. The fraction of sp³-hybridized carbons (Fsp3) is 0.172. The first-order valence-corrected chi connectivity index (χ1v) is 13.8. The lowest BCUT2D eigenvalue weighted by Crippen LogP contribution is -2.26. The number of halogens is 2. The summed E-state index contributed by atoms with van der Waals surface area (Å²) in [4.78, 5) is 30.4. The second-order valence-electron chi connectivity index (χ2n) is 8.60. The highest BCUT2D eigenvalue weighted by molar-refractivity contribution is 9.13. The van der Waals surface area contributed by atoms with Crippen molar-refractivity contribution in [1.29, 1.82) is 0 Å². The number of ether oxygens (including phenoxy) is 3. The number of hydrogen-bond donors (Lipinski definition) is 0. The third-order valence-corrected chi connectivity index (χ3v) is 8.14. The molecule has 0 fully saturated rings. The summed E-state index contributed by atoms with van der Waals surface area (Å²) < 4.78 is 24.7. The lowest BCUT2D eigenvalue weighted by Gasteiger charge is -2.18. The number of esters is 1. The molecule has 0 unspecified atom stereocenters. The Labute approximate surface area is 245 Å². The van der Waals surface area contributed by atoms with Gasteiger partial charge < -0.3 is 18.6 Å². The highest BCUT2D eigenvalue weighted by Crippen LogP contribution is 2.43. The molecule has 0 amide bonds. The van der Waals surface area contributed by atoms with Gasteiger partial charge in [0.05, 0.1) is 35.3 Å². The van der Waals surface area contributed by atoms with Gasteiger partial charge in [-0.3, -0.25) is 4.79 Å². The van der Waals surface area contributed by atoms with Crippen LogP contribution >= 0.6 is 31.9 Å². The van der Waals surface area contributed by atoms with Crippen LogP contribution in [0.2, 0.25) is 0 Å². The molecule has 2 heterocycles. The molecule has 0 aliphatic heterocycles. The van der Waals surface area contributed by atoms with Crippen molar-refractivity contribution in [2.75, 3.05) is 13.7 Å². The maximum atomic E-state index is 13.6. The highest BCUT2D eigenvalue weighted by Gasteiger charge is 2.23. The van der Waals surface area contributed by atoms with Gasteiger partial charge in [0.2, 0.25) is 5.82 Å². The molecule has 9 nitrogen and oxygen atoms in total. The molecule has 40 heavy (non-hydrogen) atoms. The fourth-order valence-corrected chi connectivity index (χ4v) is 4.96. The normalized spacial score (nSPS) is 12.2. The van der Waals surface area contributed by atoms with Crippen molar-refractivity contribution in [3.8, 4) is 23.1 Å². The molecular formula is C29H23Br2N3O6. The van der Waals surface area contributed by atoms with E-state index < -0.39 is 12.1 Å². The van der Waals surface area contributed by atoms with E-state index in [4.69, 9.17) is 23.6 Å². The number of fused-ring (bicyclic) bond motifs is 2. The Kier molecular flexibility index (Phi) is 8.04. The first kappa shape index (κ1) is 27.6. The molecule has 5 aromatic rings. The first-order valence-electron chi connectivity index (χ1n) is 12.3. The molecule has 0 N–H and O–H groups in total. The molecule has 0 radical (unpaired) electrons. The van der Waals surface area contributed by atoms with Gasteiger partial charge in [-0.25, -0.2) is 9.78 Å². The van der Waals surface area contributed by atoms with Gasteiger partial charge in [0, 0.05) is 15.4 Å². The number of rotatable bonds is 8. The largest absolute Gasteiger partial charge is 0.493 e. The van der Waals surface area contributed by atoms with E-state index in [-0.39, 0.29) is 18.0 Å². The molecule has 2 aromatic heterocycles. The van der Waals surface area contributed by atoms with E-state index in [1.807, 2.05) is 36.4 Å². The van der Waals surface area contributed by atoms with Crippen LogP contribution in [0, 0.1) is 0 Å². The molecule has 0 bridgehead atoms. The van der Waals surface area contributed by atoms with Gasteiger partial charge in [-0.2, -0.15) is 9.78 Å². The topological polar surface area (TPSA) is 105 Å². The molecule has 0 saturated carbocycles. The minimum atomic E-state index is -0.870. The number of nitrogens with zero attached hydrogens (tertiary/aromatic N) is 3. The monoisotopic (exact) mass is 667 g/mol. The number of methoxy groups -OCH3 is 1. The minimum absolute atomic E-state index is 0.239. The summed E-state index contributed by atoms with van der Waals surface area (Å²) in [6, 6.07) is 18.1. The summed E-state index contributed by atoms with van der Waals surface area (Å²) in [6.45, 7) is 3.55. The molecule has 1 atom stereocenters. The molecule has 0 spiro atoms. The molecule has 5 rings (SSSR count). The molecule has 0 aliphatic rings. The van der Waals surface area contributed by atoms with E-state index >= 15 is 0 Å². The Hall–Kier alpha value is -3.96. The van der Waals surface area contributed by atoms with Gasteiger partial charge in [-0.1, -0.05) is 30.3 Å². The zero-order valence-corrected chi connectivity index (χ0v) is 24.9. The number of benzene rings is 3. The van der Waals surface area contributed by atoms with Gasteiger partial charge >= 0.3 is 5.97 Å². The maximum Gasteiger partial charge on any atom is 0.347 e. The number of hydrogen-bond acceptors (Lipinski definition) is 8. The number of furan rings is 1. The molecule has 204 valence electrons. The average molecular weight is 669 g/mol. The Morgan fingerprint density at radius 2 is 1.88 bits per heavy atom. The molecule has 0 aliphatic carbocycles. The van der Waals surface area contributed by atoms with Gasteiger partial charge in [-0.15, -0.1) is 0 Å². The summed E-state index contributed by atoms with van der Waals surface area (Å²) in [7, 11) is 1.48. The summed E-state index contributed by atoms with van der Waals surface area (Å²) in [6.07, 6.45) is 0.630. The van der Waals surface area contributed by atoms with Crippen LogP contribution in [0.25, 0.3) is 33.5 Å². The zero-order chi connectivity index (χ0) is 28.4. The number of carbonyl (C=O) groups excluding carboxylic acids is 1. The van der Waals surface area contributed by atoms with Gasteiger partial charge in [0.1, 0.15) is 5.58 Å². The summed E-state index contributed by atoms with van der Waals surface area (Å²) in [5.41, 5.74) is 1.40. The number of para-hydroxylation sites is 2. The van der Waals surface area contributed by atoms with Crippen molar-refractivity contribution >= 4 is 65.9 Å². The van der Waals surface area contributed by atoms with Crippen molar-refractivity contribution < 1.29 is 23.4 Å². The Morgan fingerprint density at radius 1 is 1.12 bits per heavy atom. The predicted molar refractivity (Wildman–Crippen MR) is 159 cm³/mol. The SMILES string of the molecule is CCOC(=O)[C@@H](C)Oc1c(OC)cc(C=Nn2c(-c3cc4ccccc4o3)nc3ccccc3c2=O)c(Br)c1Br. The van der Waals surface area contributed by atoms with E-state index in [1.165, 1.54) is 18.0 Å². The fourth-order valence-electron chi connectivity index (χ4n) is 4.05. The van der Waals surface area contributed by atoms with Crippen LogP contribution in [0.4, 0.5) is 0 Å². The predicted octanol–water partition coefficient (Wildman–Crippen LogP) is 6.56. The quantitative estimate of drug-likeness (QED) is 0.136. The summed E-state index contributed by atoms with van der Waals surface area (Å²) in [5, 5.41) is 5.81. The zero-order valence-electron chi connectivity index (χ0n) is 21.7. The van der Waals surface area contributed by atoms with Crippen LogP contribution < -0.4 is 15.0 Å². The first-order chi connectivity index (χ1) is 19.3. The Morgan fingerprint density at radius 3 is 2.62 bits per heavy atom. The van der Waals surface area contributed by atoms with Gasteiger partial charge in [0.25, 0.3) is 5.56 Å². The lowest BCUT2D eigenvalue weighted by atomic mass is 10.2. The minimum Gasteiger partial charge on any atom is -0.493 e. The van der Waals surface area contributed by atoms with Crippen molar-refractivity contribution in [3.63, 3.8) is 0 Å². The highest BCUT2D eigenvalue weighted by atomic mass is 79.9. The second-order valence-corrected chi connectivity index (χ2v) is 10.2. The van der Waals surface area contributed by atoms with Crippen LogP contribution in [0.5, 0.6) is 11.5 Å². The number of carbonyl (C=O) groups is 1. The van der Waals surface area contributed by atoms with Gasteiger partial charge in [0.15, 0.2) is 23.4 Å². The van der Waals surface area contributed by atoms with Crippen LogP contribution in [0.3, 0.4) is 0 Å². The van der Waals surface area contributed by atoms with Crippen LogP contribution in [-0.4, -0.2) is 41.7 Å². The molecule has 11 heteroatoms. The molecule has 3 aromatic carbocycles. The standard InChI is InChI=1S/C29H23Br2N3O6/c1-4-38-29(36)16(2)39-26-22(37-3)14-18(24(30)25(26)31)15-32-34-27(23-13-17-9-5-8-12-21(17)40-23)33-20-11-7-6-10-19(20)28(34)35/h5-16H,4H2,1-3H3/t16-/m1/s1. The maximum absolute atomic E-state index is 13.6. The van der Waals surface area contributed by atoms with Crippen molar-refractivity contribution in [3.05, 3.63) is 85.5 Å². The lowest BCUT2D eigenvalue weighted by molar-refractivity contribution is -0.150. The van der Waals surface area contributed by atoms with Crippen molar-refractivity contribution in [2.24, 2.45) is 5.10 Å². The third kappa shape index (κ3) is 5.26. The van der Waals surface area contributed by atoms with Gasteiger partial charge in [-0.05, 0) is 76.0 Å². The second kappa shape index (κ2) is 11.6. The van der Waals surface area contributed by atoms with E-state index in [2.05, 4.69) is 37.0 Å². The van der Waals surface area contributed by atoms with Crippen LogP contribution in [0.1, 0.15) is 19.4 Å². The summed E-state index contributed by atoms with van der Waals surface area (Å²) >= 11 is 7.08. The average Bonchev–Trinajstić information content (AvgIpc) is 3.40. The van der Waals surface area contributed by atoms with Crippen molar-refractivity contribution in [1.82, 2.24) is 9.66 Å². The Bertz CT molecular complexity index is 1800. The van der Waals surface area contributed by atoms with Crippen LogP contribution in [0.15, 0.2) is 83.9 Å².